The van der Waals surface area contributed by atoms with Crippen molar-refractivity contribution in [2.24, 2.45) is 4.99 Å². The maximum Gasteiger partial charge on any atom is 0.286 e. The lowest BCUT2D eigenvalue weighted by molar-refractivity contribution is -0.385. The molecule has 0 spiro atoms. The third kappa shape index (κ3) is 3.91. The number of carbonyl (C=O) groups is 1. The lowest BCUT2D eigenvalue weighted by atomic mass is 10.2. The first-order chi connectivity index (χ1) is 12.8. The molecule has 0 aliphatic heterocycles. The highest BCUT2D eigenvalue weighted by molar-refractivity contribution is 7.16. The molecule has 0 saturated heterocycles. The molecule has 0 aliphatic rings. The van der Waals surface area contributed by atoms with Crippen molar-refractivity contribution >= 4 is 68.0 Å². The van der Waals surface area contributed by atoms with E-state index in [1.807, 2.05) is 0 Å². The number of hydrogen-bond donors (Lipinski definition) is 0. The van der Waals surface area contributed by atoms with Gasteiger partial charge >= 0.3 is 0 Å². The number of fused-ring (bicyclic) bond motifs is 1. The van der Waals surface area contributed by atoms with Gasteiger partial charge in [-0.25, -0.2) is 0 Å². The first kappa shape index (κ1) is 19.6. The van der Waals surface area contributed by atoms with Gasteiger partial charge in [0.15, 0.2) is 4.80 Å². The van der Waals surface area contributed by atoms with E-state index in [0.717, 1.165) is 4.70 Å². The molecule has 27 heavy (non-hydrogen) atoms. The zero-order valence-electron chi connectivity index (χ0n) is 13.5. The molecule has 1 aromatic heterocycles. The molecule has 0 radical (unpaired) electrons. The standard InChI is InChI=1S/C17H10Cl3N3O3S/c1-2-5-22-15-12(20)7-10(19)8-14(15)27-17(22)21-16(24)11-6-9(18)3-4-13(11)23(25)26/h2-4,6-8H,1,5H2. The number of hydrogen-bond acceptors (Lipinski definition) is 4. The summed E-state index contributed by atoms with van der Waals surface area (Å²) >= 11 is 19.4. The number of nitro groups is 1. The molecule has 0 atom stereocenters. The number of thiazole rings is 1. The lowest BCUT2D eigenvalue weighted by Gasteiger charge is -2.03. The van der Waals surface area contributed by atoms with Gasteiger partial charge in [-0.1, -0.05) is 52.2 Å². The molecule has 10 heteroatoms. The van der Waals surface area contributed by atoms with Crippen LogP contribution in [0.2, 0.25) is 15.1 Å². The Bertz CT molecular complexity index is 1170. The second-order valence-corrected chi connectivity index (χ2v) is 7.64. The van der Waals surface area contributed by atoms with Crippen LogP contribution in [0.1, 0.15) is 10.4 Å². The molecule has 0 N–H and O–H groups in total. The molecule has 0 aliphatic carbocycles. The molecule has 1 amide bonds. The minimum Gasteiger partial charge on any atom is -0.311 e. The van der Waals surface area contributed by atoms with Crippen molar-refractivity contribution in [1.82, 2.24) is 4.57 Å². The van der Waals surface area contributed by atoms with E-state index in [1.54, 1.807) is 22.8 Å². The summed E-state index contributed by atoms with van der Waals surface area (Å²) in [7, 11) is 0. The molecule has 6 nitrogen and oxygen atoms in total. The fourth-order valence-electron chi connectivity index (χ4n) is 2.50. The highest BCUT2D eigenvalue weighted by atomic mass is 35.5. The smallest absolute Gasteiger partial charge is 0.286 e. The Morgan fingerprint density at radius 2 is 2.00 bits per heavy atom. The van der Waals surface area contributed by atoms with Gasteiger partial charge in [0.1, 0.15) is 5.56 Å². The van der Waals surface area contributed by atoms with Crippen LogP contribution in [0.3, 0.4) is 0 Å². The molecule has 2 aromatic carbocycles. The summed E-state index contributed by atoms with van der Waals surface area (Å²) in [4.78, 5) is 27.6. The van der Waals surface area contributed by atoms with Gasteiger partial charge in [0.25, 0.3) is 11.6 Å². The Morgan fingerprint density at radius 1 is 1.26 bits per heavy atom. The predicted octanol–water partition coefficient (Wildman–Crippen LogP) is 5.50. The van der Waals surface area contributed by atoms with E-state index in [0.29, 0.717) is 26.9 Å². The number of nitro benzene ring substituents is 1. The fourth-order valence-corrected chi connectivity index (χ4v) is 4.49. The van der Waals surface area contributed by atoms with Crippen molar-refractivity contribution in [3.05, 3.63) is 78.5 Å². The van der Waals surface area contributed by atoms with Crippen LogP contribution in [0, 0.1) is 10.1 Å². The number of aromatic nitrogens is 1. The topological polar surface area (TPSA) is 77.5 Å². The second-order valence-electron chi connectivity index (χ2n) is 5.35. The SMILES string of the molecule is C=CCn1c(=NC(=O)c2cc(Cl)ccc2[N+](=O)[O-])sc2cc(Cl)cc(Cl)c21. The average Bonchev–Trinajstić information content (AvgIpc) is 2.92. The number of amides is 1. The Morgan fingerprint density at radius 3 is 2.67 bits per heavy atom. The molecule has 3 rings (SSSR count). The van der Waals surface area contributed by atoms with Crippen LogP contribution < -0.4 is 4.80 Å². The first-order valence-corrected chi connectivity index (χ1v) is 9.39. The molecule has 1 heterocycles. The summed E-state index contributed by atoms with van der Waals surface area (Å²) in [5.74, 6) is -0.782. The van der Waals surface area contributed by atoms with E-state index in [4.69, 9.17) is 34.8 Å². The van der Waals surface area contributed by atoms with E-state index in [1.165, 1.54) is 29.5 Å². The van der Waals surface area contributed by atoms with Crippen molar-refractivity contribution in [1.29, 1.82) is 0 Å². The van der Waals surface area contributed by atoms with E-state index in [2.05, 4.69) is 11.6 Å². The summed E-state index contributed by atoms with van der Waals surface area (Å²) in [6, 6.07) is 7.03. The Balaban J connectivity index is 2.25. The molecular weight excluding hydrogens is 433 g/mol. The number of nitrogens with zero attached hydrogens (tertiary/aromatic N) is 3. The lowest BCUT2D eigenvalue weighted by Crippen LogP contribution is -2.17. The normalized spacial score (nSPS) is 11.7. The third-order valence-corrected chi connectivity index (χ3v) is 5.36. The minimum absolute atomic E-state index is 0.195. The Labute approximate surface area is 172 Å². The number of carbonyl (C=O) groups excluding carboxylic acids is 1. The monoisotopic (exact) mass is 441 g/mol. The highest BCUT2D eigenvalue weighted by Crippen LogP contribution is 2.30. The van der Waals surface area contributed by atoms with Gasteiger partial charge in [-0.05, 0) is 24.3 Å². The van der Waals surface area contributed by atoms with Crippen molar-refractivity contribution in [2.45, 2.75) is 6.54 Å². The summed E-state index contributed by atoms with van der Waals surface area (Å²) < 4.78 is 2.42. The van der Waals surface area contributed by atoms with E-state index >= 15 is 0 Å². The molecule has 0 saturated carbocycles. The minimum atomic E-state index is -0.782. The molecule has 3 aromatic rings. The van der Waals surface area contributed by atoms with E-state index < -0.39 is 10.8 Å². The van der Waals surface area contributed by atoms with Gasteiger partial charge in [0, 0.05) is 22.7 Å². The van der Waals surface area contributed by atoms with Crippen LogP contribution in [0.15, 0.2) is 48.0 Å². The number of allylic oxidation sites excluding steroid dienone is 1. The predicted molar refractivity (Wildman–Crippen MR) is 108 cm³/mol. The van der Waals surface area contributed by atoms with Crippen molar-refractivity contribution in [3.63, 3.8) is 0 Å². The first-order valence-electron chi connectivity index (χ1n) is 7.44. The van der Waals surface area contributed by atoms with Crippen LogP contribution in [0.25, 0.3) is 10.2 Å². The molecule has 0 fully saturated rings. The van der Waals surface area contributed by atoms with E-state index in [-0.39, 0.29) is 16.3 Å². The van der Waals surface area contributed by atoms with Crippen molar-refractivity contribution in [3.8, 4) is 0 Å². The highest BCUT2D eigenvalue weighted by Gasteiger charge is 2.21. The number of rotatable bonds is 4. The maximum atomic E-state index is 12.7. The molecule has 0 bridgehead atoms. The molecule has 138 valence electrons. The van der Waals surface area contributed by atoms with E-state index in [9.17, 15) is 14.9 Å². The van der Waals surface area contributed by atoms with Crippen LogP contribution in [0.4, 0.5) is 5.69 Å². The van der Waals surface area contributed by atoms with Gasteiger partial charge < -0.3 is 4.57 Å². The van der Waals surface area contributed by atoms with Crippen LogP contribution in [-0.4, -0.2) is 15.4 Å². The molecule has 0 unspecified atom stereocenters. The fraction of sp³-hybridized carbons (Fsp3) is 0.0588. The summed E-state index contributed by atoms with van der Waals surface area (Å²) in [6.45, 7) is 4.04. The van der Waals surface area contributed by atoms with Crippen LogP contribution in [0.5, 0.6) is 0 Å². The zero-order valence-corrected chi connectivity index (χ0v) is 16.6. The Hall–Kier alpha value is -2.19. The maximum absolute atomic E-state index is 12.7. The number of halogens is 3. The molecular formula is C17H10Cl3N3O3S. The quantitative estimate of drug-likeness (QED) is 0.304. The van der Waals surface area contributed by atoms with Crippen LogP contribution >= 0.6 is 46.1 Å². The van der Waals surface area contributed by atoms with Gasteiger partial charge in [0.2, 0.25) is 0 Å². The van der Waals surface area contributed by atoms with Crippen LogP contribution in [-0.2, 0) is 6.54 Å². The van der Waals surface area contributed by atoms with Gasteiger partial charge in [0.05, 0.1) is 20.2 Å². The number of benzene rings is 2. The zero-order chi connectivity index (χ0) is 19.7. The summed E-state index contributed by atoms with van der Waals surface area (Å²) in [5, 5.41) is 12.2. The van der Waals surface area contributed by atoms with Crippen molar-refractivity contribution in [2.75, 3.05) is 0 Å². The Kier molecular flexibility index (Phi) is 5.67. The summed E-state index contributed by atoms with van der Waals surface area (Å²) in [5.41, 5.74) is 0.0861. The summed E-state index contributed by atoms with van der Waals surface area (Å²) in [6.07, 6.45) is 1.63. The van der Waals surface area contributed by atoms with Gasteiger partial charge in [-0.2, -0.15) is 4.99 Å². The third-order valence-electron chi connectivity index (χ3n) is 3.59. The largest absolute Gasteiger partial charge is 0.311 e. The van der Waals surface area contributed by atoms with Gasteiger partial charge in [-0.15, -0.1) is 6.58 Å². The second kappa shape index (κ2) is 7.82. The van der Waals surface area contributed by atoms with Gasteiger partial charge in [-0.3, -0.25) is 14.9 Å². The average molecular weight is 443 g/mol. The van der Waals surface area contributed by atoms with Crippen molar-refractivity contribution < 1.29 is 9.72 Å².